The number of aromatic nitrogens is 5. The fourth-order valence-corrected chi connectivity index (χ4v) is 14.2. The lowest BCUT2D eigenvalue weighted by Crippen LogP contribution is -2.66. The van der Waals surface area contributed by atoms with Gasteiger partial charge in [0.05, 0.1) is 44.6 Å². The van der Waals surface area contributed by atoms with Crippen LogP contribution < -0.4 is 26.4 Å². The first kappa shape index (κ1) is 41.0. The number of nitrogens with zero attached hydrogens (tertiary/aromatic N) is 6. The number of hydrogen-bond acceptors (Lipinski definition) is 9. The largest absolute Gasteiger partial charge is 0.496 e. The Morgan fingerprint density at radius 3 is 2.19 bits per heavy atom. The van der Waals surface area contributed by atoms with E-state index in [2.05, 4.69) is 55.2 Å². The number of piperidine rings is 1. The van der Waals surface area contributed by atoms with Gasteiger partial charge < -0.3 is 18.8 Å². The highest BCUT2D eigenvalue weighted by Gasteiger charge is 2.50. The molecule has 0 N–H and O–H groups in total. The number of likely N-dealkylation sites (N-methyl/N-ethyl adjacent to an activating group) is 1. The number of carbonyl (C=O) groups is 1. The van der Waals surface area contributed by atoms with Crippen LogP contribution in [0.15, 0.2) is 101 Å². The molecule has 304 valence electrons. The third-order valence-electron chi connectivity index (χ3n) is 11.3. The van der Waals surface area contributed by atoms with Gasteiger partial charge in [-0.1, -0.05) is 92.8 Å². The lowest BCUT2D eigenvalue weighted by molar-refractivity contribution is -0.142. The van der Waals surface area contributed by atoms with Crippen LogP contribution in [0.25, 0.3) is 15.2 Å². The van der Waals surface area contributed by atoms with E-state index in [-0.39, 0.29) is 36.1 Å². The summed E-state index contributed by atoms with van der Waals surface area (Å²) >= 11 is 1.18. The van der Waals surface area contributed by atoms with E-state index in [4.69, 9.17) is 13.9 Å². The van der Waals surface area contributed by atoms with Gasteiger partial charge in [-0.25, -0.2) is 13.8 Å². The number of aryl methyl sites for hydroxylation is 1. The number of ether oxygens (including phenoxy) is 2. The number of carbonyl (C=O) groups excluding carboxylic acids is 1. The van der Waals surface area contributed by atoms with Crippen LogP contribution in [0.1, 0.15) is 57.8 Å². The standard InChI is InChI=1S/C43H49FN6O6SSi/c1-29-36-37(51)49(43(5)21-14-24-47(6)40(43)52)41(53)48(39(36)57-38(29)50-45-22-23-46-50)28-35(33-27-30(44)19-20-34(33)54-7)55-25-26-56-58(42(2,3)4,31-15-10-8-11-16-31)32-17-12-9-13-18-32/h8-13,15-20,22-23,27,35H,14,21,24-26,28H2,1-7H3/t35-,43+/m0/s1. The van der Waals surface area contributed by atoms with Gasteiger partial charge in [-0.15, -0.1) is 4.80 Å². The Morgan fingerprint density at radius 1 is 0.948 bits per heavy atom. The first-order chi connectivity index (χ1) is 27.7. The number of thiophene rings is 1. The summed E-state index contributed by atoms with van der Waals surface area (Å²) in [6.45, 7) is 10.6. The fraction of sp³-hybridized carbons (Fsp3) is 0.372. The predicted octanol–water partition coefficient (Wildman–Crippen LogP) is 5.56. The van der Waals surface area contributed by atoms with Gasteiger partial charge in [0.2, 0.25) is 5.91 Å². The van der Waals surface area contributed by atoms with Gasteiger partial charge in [0.1, 0.15) is 33.0 Å². The zero-order valence-corrected chi connectivity index (χ0v) is 35.7. The molecule has 2 atom stereocenters. The first-order valence-electron chi connectivity index (χ1n) is 19.3. The maximum Gasteiger partial charge on any atom is 0.333 e. The fourth-order valence-electron chi connectivity index (χ4n) is 8.44. The van der Waals surface area contributed by atoms with Crippen molar-refractivity contribution in [3.05, 3.63) is 129 Å². The average molecular weight is 825 g/mol. The number of fused-ring (bicyclic) bond motifs is 1. The zero-order chi connectivity index (χ0) is 41.4. The number of methoxy groups -OCH3 is 1. The molecule has 3 aromatic carbocycles. The summed E-state index contributed by atoms with van der Waals surface area (Å²) in [5.41, 5.74) is -1.78. The smallest absolute Gasteiger partial charge is 0.333 e. The molecule has 12 nitrogen and oxygen atoms in total. The van der Waals surface area contributed by atoms with E-state index in [9.17, 15) is 14.4 Å². The molecule has 6 aromatic rings. The van der Waals surface area contributed by atoms with Gasteiger partial charge in [-0.05, 0) is 60.3 Å². The number of halogens is 1. The lowest BCUT2D eigenvalue weighted by Gasteiger charge is -2.43. The van der Waals surface area contributed by atoms with E-state index in [0.29, 0.717) is 46.1 Å². The molecule has 4 heterocycles. The monoisotopic (exact) mass is 824 g/mol. The number of hydrogen-bond donors (Lipinski definition) is 0. The summed E-state index contributed by atoms with van der Waals surface area (Å²) in [4.78, 5) is 46.8. The minimum absolute atomic E-state index is 0.0687. The Kier molecular flexibility index (Phi) is 11.4. The number of likely N-dealkylation sites (tertiary alicyclic amines) is 1. The van der Waals surface area contributed by atoms with E-state index in [1.165, 1.54) is 58.4 Å². The molecule has 7 rings (SSSR count). The molecule has 0 saturated carbocycles. The van der Waals surface area contributed by atoms with E-state index in [0.717, 1.165) is 14.9 Å². The third kappa shape index (κ3) is 7.14. The summed E-state index contributed by atoms with van der Waals surface area (Å²) < 4.78 is 37.3. The molecule has 1 amide bonds. The first-order valence-corrected chi connectivity index (χ1v) is 22.1. The molecule has 0 unspecified atom stereocenters. The van der Waals surface area contributed by atoms with Crippen LogP contribution in [-0.4, -0.2) is 77.2 Å². The molecule has 1 saturated heterocycles. The van der Waals surface area contributed by atoms with Gasteiger partial charge in [-0.2, -0.15) is 10.2 Å². The van der Waals surface area contributed by atoms with Crippen molar-refractivity contribution in [1.29, 1.82) is 0 Å². The van der Waals surface area contributed by atoms with Crippen molar-refractivity contribution in [2.45, 2.75) is 70.7 Å². The Bertz CT molecular complexity index is 2500. The maximum absolute atomic E-state index is 15.2. The quantitative estimate of drug-likeness (QED) is 0.110. The van der Waals surface area contributed by atoms with Crippen LogP contribution in [0, 0.1) is 12.7 Å². The van der Waals surface area contributed by atoms with Crippen molar-refractivity contribution < 1.29 is 23.1 Å². The second-order valence-electron chi connectivity index (χ2n) is 15.9. The molecule has 0 radical (unpaired) electrons. The minimum Gasteiger partial charge on any atom is -0.496 e. The molecule has 15 heteroatoms. The molecular weight excluding hydrogens is 776 g/mol. The molecule has 1 aliphatic rings. The van der Waals surface area contributed by atoms with Crippen molar-refractivity contribution in [1.82, 2.24) is 29.0 Å². The highest BCUT2D eigenvalue weighted by Crippen LogP contribution is 2.38. The van der Waals surface area contributed by atoms with Crippen LogP contribution in [0.5, 0.6) is 5.75 Å². The highest BCUT2D eigenvalue weighted by atomic mass is 32.1. The average Bonchev–Trinajstić information content (AvgIpc) is 3.86. The summed E-state index contributed by atoms with van der Waals surface area (Å²) in [6.07, 6.45) is 2.99. The Labute approximate surface area is 341 Å². The van der Waals surface area contributed by atoms with Gasteiger partial charge in [0.15, 0.2) is 0 Å². The van der Waals surface area contributed by atoms with Crippen molar-refractivity contribution in [2.75, 3.05) is 33.9 Å². The minimum atomic E-state index is -2.94. The molecular formula is C43H49FN6O6SSi. The number of amides is 1. The molecule has 0 aliphatic carbocycles. The van der Waals surface area contributed by atoms with Crippen LogP contribution >= 0.6 is 11.3 Å². The third-order valence-corrected chi connectivity index (χ3v) is 17.6. The number of benzene rings is 3. The van der Waals surface area contributed by atoms with Gasteiger partial charge >= 0.3 is 5.69 Å². The zero-order valence-electron chi connectivity index (χ0n) is 33.9. The second-order valence-corrected chi connectivity index (χ2v) is 21.2. The maximum atomic E-state index is 15.2. The summed E-state index contributed by atoms with van der Waals surface area (Å²) in [5.74, 6) is -0.486. The lowest BCUT2D eigenvalue weighted by atomic mass is 9.89. The Balaban J connectivity index is 1.35. The van der Waals surface area contributed by atoms with Gasteiger partial charge in [0.25, 0.3) is 13.9 Å². The van der Waals surface area contributed by atoms with Crippen LogP contribution in [0.3, 0.4) is 0 Å². The van der Waals surface area contributed by atoms with E-state index < -0.39 is 37.0 Å². The van der Waals surface area contributed by atoms with Gasteiger partial charge in [-0.3, -0.25) is 14.2 Å². The molecule has 1 aliphatic heterocycles. The summed E-state index contributed by atoms with van der Waals surface area (Å²) in [7, 11) is 0.227. The predicted molar refractivity (Wildman–Crippen MR) is 226 cm³/mol. The SMILES string of the molecule is COc1ccc(F)cc1[C@H](Cn1c(=O)n([C@]2(C)CCCN(C)C2=O)c(=O)c2c(C)c(-n3nccn3)sc21)OCCO[Si](c1ccccc1)(c1ccccc1)C(C)(C)C. The normalized spacial score (nSPS) is 16.9. The topological polar surface area (TPSA) is 123 Å². The Morgan fingerprint density at radius 2 is 1.59 bits per heavy atom. The van der Waals surface area contributed by atoms with Crippen LogP contribution in [-0.2, 0) is 26.0 Å². The van der Waals surface area contributed by atoms with E-state index in [1.54, 1.807) is 25.8 Å². The van der Waals surface area contributed by atoms with Crippen molar-refractivity contribution in [3.63, 3.8) is 0 Å². The van der Waals surface area contributed by atoms with Crippen molar-refractivity contribution in [2.24, 2.45) is 0 Å². The molecule has 1 fully saturated rings. The van der Waals surface area contributed by atoms with Crippen molar-refractivity contribution >= 4 is 46.2 Å². The van der Waals surface area contributed by atoms with Crippen LogP contribution in [0.2, 0.25) is 5.04 Å². The molecule has 58 heavy (non-hydrogen) atoms. The summed E-state index contributed by atoms with van der Waals surface area (Å²) in [5, 5.41) is 11.4. The molecule has 0 bridgehead atoms. The van der Waals surface area contributed by atoms with E-state index >= 15 is 4.39 Å². The van der Waals surface area contributed by atoms with Gasteiger partial charge in [0, 0.05) is 24.7 Å². The molecule has 3 aromatic heterocycles. The number of rotatable bonds is 13. The van der Waals surface area contributed by atoms with E-state index in [1.807, 2.05) is 36.4 Å². The summed E-state index contributed by atoms with van der Waals surface area (Å²) in [6, 6.07) is 24.7. The van der Waals surface area contributed by atoms with Crippen molar-refractivity contribution in [3.8, 4) is 10.8 Å². The second kappa shape index (κ2) is 16.2. The Hall–Kier alpha value is -5.22. The van der Waals surface area contributed by atoms with Crippen LogP contribution in [0.4, 0.5) is 4.39 Å². The molecule has 0 spiro atoms. The highest BCUT2D eigenvalue weighted by molar-refractivity contribution is 7.21.